The fourth-order valence-corrected chi connectivity index (χ4v) is 1.22. The normalized spacial score (nSPS) is 10.3. The molecular weight excluding hydrogens is 260 g/mol. The Kier molecular flexibility index (Phi) is 4.01. The monoisotopic (exact) mass is 269 g/mol. The van der Waals surface area contributed by atoms with Gasteiger partial charge in [-0.2, -0.15) is 13.9 Å². The van der Waals surface area contributed by atoms with Gasteiger partial charge in [-0.3, -0.25) is 0 Å². The van der Waals surface area contributed by atoms with Crippen LogP contribution in [0.1, 0.15) is 0 Å². The second-order valence-electron chi connectivity index (χ2n) is 3.24. The molecule has 100 valence electrons. The molecule has 0 atom stereocenters. The van der Waals surface area contributed by atoms with Crippen molar-refractivity contribution in [2.75, 3.05) is 7.11 Å². The molecule has 6 nitrogen and oxygen atoms in total. The number of aromatic nitrogens is 3. The van der Waals surface area contributed by atoms with E-state index in [-0.39, 0.29) is 17.5 Å². The van der Waals surface area contributed by atoms with E-state index in [9.17, 15) is 8.78 Å². The summed E-state index contributed by atoms with van der Waals surface area (Å²) in [6.45, 7) is -2.95. The minimum atomic E-state index is -2.95. The van der Waals surface area contributed by atoms with Crippen molar-refractivity contribution >= 4 is 0 Å². The van der Waals surface area contributed by atoms with Crippen LogP contribution < -0.4 is 14.2 Å². The minimum absolute atomic E-state index is 0.161. The van der Waals surface area contributed by atoms with E-state index in [4.69, 9.17) is 9.47 Å². The molecule has 0 N–H and O–H groups in total. The highest BCUT2D eigenvalue weighted by molar-refractivity contribution is 5.31. The number of alkyl halides is 2. The molecule has 2 rings (SSSR count). The Morgan fingerprint density at radius 1 is 1.16 bits per heavy atom. The third-order valence-electron chi connectivity index (χ3n) is 1.98. The average Bonchev–Trinajstić information content (AvgIpc) is 2.38. The van der Waals surface area contributed by atoms with Gasteiger partial charge in [0.25, 0.3) is 0 Å². The van der Waals surface area contributed by atoms with Gasteiger partial charge in [-0.25, -0.2) is 4.98 Å². The molecule has 0 aromatic carbocycles. The first-order chi connectivity index (χ1) is 9.17. The van der Waals surface area contributed by atoms with Crippen LogP contribution >= 0.6 is 0 Å². The first-order valence-corrected chi connectivity index (χ1v) is 5.13. The zero-order valence-electron chi connectivity index (χ0n) is 9.79. The number of hydrogen-bond donors (Lipinski definition) is 0. The molecule has 0 radical (unpaired) electrons. The Labute approximate surface area is 107 Å². The van der Waals surface area contributed by atoms with Crippen LogP contribution in [0.25, 0.3) is 0 Å². The molecule has 19 heavy (non-hydrogen) atoms. The lowest BCUT2D eigenvalue weighted by Gasteiger charge is -2.07. The lowest BCUT2D eigenvalue weighted by Crippen LogP contribution is -2.03. The van der Waals surface area contributed by atoms with Crippen LogP contribution in [0.5, 0.6) is 23.3 Å². The Hall–Kier alpha value is -2.51. The van der Waals surface area contributed by atoms with Gasteiger partial charge in [-0.15, -0.1) is 5.10 Å². The second kappa shape index (κ2) is 5.89. The highest BCUT2D eigenvalue weighted by atomic mass is 19.3. The van der Waals surface area contributed by atoms with Crippen molar-refractivity contribution in [2.24, 2.45) is 0 Å². The van der Waals surface area contributed by atoms with Crippen molar-refractivity contribution in [1.29, 1.82) is 0 Å². The van der Waals surface area contributed by atoms with E-state index in [1.165, 1.54) is 37.7 Å². The zero-order chi connectivity index (χ0) is 13.7. The maximum atomic E-state index is 12.0. The third kappa shape index (κ3) is 3.73. The number of hydrogen-bond acceptors (Lipinski definition) is 6. The summed E-state index contributed by atoms with van der Waals surface area (Å²) in [4.78, 5) is 3.61. The molecule has 2 heterocycles. The fourth-order valence-electron chi connectivity index (χ4n) is 1.22. The van der Waals surface area contributed by atoms with Gasteiger partial charge < -0.3 is 14.2 Å². The molecule has 0 aliphatic heterocycles. The standard InChI is InChI=1S/C11H9F2N3O3/c1-17-8-5-10(16-15-6-8)18-7-2-3-14-9(4-7)19-11(12)13/h2-6,11H,1H3. The lowest BCUT2D eigenvalue weighted by molar-refractivity contribution is -0.0529. The van der Waals surface area contributed by atoms with E-state index >= 15 is 0 Å². The van der Waals surface area contributed by atoms with E-state index in [2.05, 4.69) is 19.9 Å². The maximum Gasteiger partial charge on any atom is 0.388 e. The van der Waals surface area contributed by atoms with Crippen molar-refractivity contribution in [1.82, 2.24) is 15.2 Å². The summed E-state index contributed by atoms with van der Waals surface area (Å²) in [7, 11) is 1.47. The first kappa shape index (κ1) is 12.9. The predicted molar refractivity (Wildman–Crippen MR) is 59.5 cm³/mol. The van der Waals surface area contributed by atoms with E-state index in [0.29, 0.717) is 5.75 Å². The summed E-state index contributed by atoms with van der Waals surface area (Å²) < 4.78 is 38.5. The van der Waals surface area contributed by atoms with Gasteiger partial charge in [0.2, 0.25) is 11.8 Å². The minimum Gasteiger partial charge on any atom is -0.495 e. The number of pyridine rings is 1. The van der Waals surface area contributed by atoms with E-state index < -0.39 is 6.61 Å². The molecule has 0 fully saturated rings. The molecule has 0 aliphatic carbocycles. The van der Waals surface area contributed by atoms with Crippen molar-refractivity contribution in [3.8, 4) is 23.3 Å². The summed E-state index contributed by atoms with van der Waals surface area (Å²) in [6, 6.07) is 4.19. The Balaban J connectivity index is 2.13. The third-order valence-corrected chi connectivity index (χ3v) is 1.98. The van der Waals surface area contributed by atoms with Gasteiger partial charge in [-0.1, -0.05) is 0 Å². The van der Waals surface area contributed by atoms with Gasteiger partial charge in [0.1, 0.15) is 11.5 Å². The lowest BCUT2D eigenvalue weighted by atomic mass is 10.4. The average molecular weight is 269 g/mol. The van der Waals surface area contributed by atoms with Crippen LogP contribution in [0.2, 0.25) is 0 Å². The van der Waals surface area contributed by atoms with Gasteiger partial charge in [0.05, 0.1) is 13.3 Å². The molecule has 0 saturated carbocycles. The highest BCUT2D eigenvalue weighted by Crippen LogP contribution is 2.24. The topological polar surface area (TPSA) is 66.4 Å². The molecule has 8 heteroatoms. The maximum absolute atomic E-state index is 12.0. The number of ether oxygens (including phenoxy) is 3. The van der Waals surface area contributed by atoms with Crippen LogP contribution in [0.4, 0.5) is 8.78 Å². The van der Waals surface area contributed by atoms with Crippen LogP contribution in [-0.4, -0.2) is 28.9 Å². The Morgan fingerprint density at radius 3 is 2.68 bits per heavy atom. The van der Waals surface area contributed by atoms with Crippen LogP contribution in [-0.2, 0) is 0 Å². The zero-order valence-corrected chi connectivity index (χ0v) is 9.79. The molecular formula is C11H9F2N3O3. The van der Waals surface area contributed by atoms with Crippen LogP contribution in [0.3, 0.4) is 0 Å². The van der Waals surface area contributed by atoms with Gasteiger partial charge in [-0.05, 0) is 6.07 Å². The smallest absolute Gasteiger partial charge is 0.388 e. The summed E-state index contributed by atoms with van der Waals surface area (Å²) in [5, 5.41) is 7.37. The van der Waals surface area contributed by atoms with E-state index in [1.54, 1.807) is 0 Å². The number of rotatable bonds is 5. The molecule has 0 saturated heterocycles. The predicted octanol–water partition coefficient (Wildman–Crippen LogP) is 2.27. The number of methoxy groups -OCH3 is 1. The molecule has 0 unspecified atom stereocenters. The molecule has 2 aromatic heterocycles. The largest absolute Gasteiger partial charge is 0.495 e. The quantitative estimate of drug-likeness (QED) is 0.829. The molecule has 0 amide bonds. The van der Waals surface area contributed by atoms with Crippen LogP contribution in [0.15, 0.2) is 30.6 Å². The summed E-state index contributed by atoms with van der Waals surface area (Å²) in [5.41, 5.74) is 0. The highest BCUT2D eigenvalue weighted by Gasteiger charge is 2.08. The van der Waals surface area contributed by atoms with Crippen molar-refractivity contribution < 1.29 is 23.0 Å². The van der Waals surface area contributed by atoms with Crippen molar-refractivity contribution in [3.63, 3.8) is 0 Å². The van der Waals surface area contributed by atoms with Gasteiger partial charge >= 0.3 is 6.61 Å². The summed E-state index contributed by atoms with van der Waals surface area (Å²) in [5.74, 6) is 0.619. The summed E-state index contributed by atoms with van der Waals surface area (Å²) >= 11 is 0. The van der Waals surface area contributed by atoms with Gasteiger partial charge in [0.15, 0.2) is 0 Å². The molecule has 0 spiro atoms. The van der Waals surface area contributed by atoms with Crippen LogP contribution in [0, 0.1) is 0 Å². The second-order valence-corrected chi connectivity index (χ2v) is 3.24. The van der Waals surface area contributed by atoms with E-state index in [1.807, 2.05) is 0 Å². The van der Waals surface area contributed by atoms with E-state index in [0.717, 1.165) is 0 Å². The first-order valence-electron chi connectivity index (χ1n) is 5.13. The van der Waals surface area contributed by atoms with Crippen molar-refractivity contribution in [2.45, 2.75) is 6.61 Å². The Bertz CT molecular complexity index is 554. The molecule has 2 aromatic rings. The van der Waals surface area contributed by atoms with Gasteiger partial charge in [0, 0.05) is 18.3 Å². The summed E-state index contributed by atoms with van der Waals surface area (Å²) in [6.07, 6.45) is 2.69. The fraction of sp³-hybridized carbons (Fsp3) is 0.182. The van der Waals surface area contributed by atoms with Crippen molar-refractivity contribution in [3.05, 3.63) is 30.6 Å². The number of halogens is 2. The SMILES string of the molecule is COc1cnnc(Oc2ccnc(OC(F)F)c2)c1. The molecule has 0 aliphatic rings. The molecule has 0 bridgehead atoms. The number of nitrogens with zero attached hydrogens (tertiary/aromatic N) is 3. The Morgan fingerprint density at radius 2 is 1.95 bits per heavy atom.